The van der Waals surface area contributed by atoms with Crippen LogP contribution < -0.4 is 5.32 Å². The number of hydrogen-bond donors (Lipinski definition) is 1. The third-order valence-electron chi connectivity index (χ3n) is 3.48. The van der Waals surface area contributed by atoms with E-state index >= 15 is 0 Å². The molecule has 1 aromatic heterocycles. The standard InChI is InChI=1S/C12H18N2S/c1-12(2)6-5-9-11(12)14-10(15-9)7-13-8-3-4-8/h8,13H,3-7H2,1-2H3. The Morgan fingerprint density at radius 2 is 2.27 bits per heavy atom. The van der Waals surface area contributed by atoms with E-state index in [9.17, 15) is 0 Å². The minimum absolute atomic E-state index is 0.323. The van der Waals surface area contributed by atoms with Crippen LogP contribution in [0, 0.1) is 0 Å². The van der Waals surface area contributed by atoms with Gasteiger partial charge in [-0.25, -0.2) is 4.98 Å². The molecule has 3 heteroatoms. The Balaban J connectivity index is 1.75. The van der Waals surface area contributed by atoms with Crippen molar-refractivity contribution >= 4 is 11.3 Å². The van der Waals surface area contributed by atoms with E-state index < -0.39 is 0 Å². The number of hydrogen-bond acceptors (Lipinski definition) is 3. The summed E-state index contributed by atoms with van der Waals surface area (Å²) < 4.78 is 0. The van der Waals surface area contributed by atoms with Crippen LogP contribution in [0.15, 0.2) is 0 Å². The lowest BCUT2D eigenvalue weighted by atomic mass is 9.91. The minimum Gasteiger partial charge on any atom is -0.308 e. The molecule has 0 aromatic carbocycles. The predicted molar refractivity (Wildman–Crippen MR) is 63.3 cm³/mol. The van der Waals surface area contributed by atoms with E-state index in [1.807, 2.05) is 11.3 Å². The molecule has 82 valence electrons. The summed E-state index contributed by atoms with van der Waals surface area (Å²) in [6, 6.07) is 0.789. The number of aromatic nitrogens is 1. The molecule has 2 nitrogen and oxygen atoms in total. The first-order chi connectivity index (χ1) is 7.15. The molecular weight excluding hydrogens is 204 g/mol. The second-order valence-electron chi connectivity index (χ2n) is 5.42. The third kappa shape index (κ3) is 1.83. The maximum Gasteiger partial charge on any atom is 0.107 e. The maximum absolute atomic E-state index is 4.80. The summed E-state index contributed by atoms with van der Waals surface area (Å²) in [5, 5.41) is 4.83. The van der Waals surface area contributed by atoms with Gasteiger partial charge in [0, 0.05) is 22.9 Å². The van der Waals surface area contributed by atoms with Gasteiger partial charge in [-0.3, -0.25) is 0 Å². The van der Waals surface area contributed by atoms with Gasteiger partial charge in [-0.2, -0.15) is 0 Å². The molecule has 0 bridgehead atoms. The zero-order valence-corrected chi connectivity index (χ0v) is 10.3. The van der Waals surface area contributed by atoms with E-state index in [1.165, 1.54) is 41.3 Å². The predicted octanol–water partition coefficient (Wildman–Crippen LogP) is 2.62. The Labute approximate surface area is 95.1 Å². The van der Waals surface area contributed by atoms with Crippen molar-refractivity contribution in [3.8, 4) is 0 Å². The number of thiazole rings is 1. The summed E-state index contributed by atoms with van der Waals surface area (Å²) in [6.45, 7) is 5.62. The zero-order chi connectivity index (χ0) is 10.5. The van der Waals surface area contributed by atoms with Crippen molar-refractivity contribution < 1.29 is 0 Å². The monoisotopic (exact) mass is 222 g/mol. The number of nitrogens with zero attached hydrogens (tertiary/aromatic N) is 1. The number of rotatable bonds is 3. The van der Waals surface area contributed by atoms with Crippen LogP contribution in [-0.2, 0) is 18.4 Å². The van der Waals surface area contributed by atoms with Crippen molar-refractivity contribution in [1.29, 1.82) is 0 Å². The summed E-state index contributed by atoms with van der Waals surface area (Å²) in [6.07, 6.45) is 5.23. The van der Waals surface area contributed by atoms with Crippen LogP contribution in [0.3, 0.4) is 0 Å². The quantitative estimate of drug-likeness (QED) is 0.850. The Bertz CT molecular complexity index is 377. The minimum atomic E-state index is 0.323. The fourth-order valence-corrected chi connectivity index (χ4v) is 3.44. The lowest BCUT2D eigenvalue weighted by Crippen LogP contribution is -2.17. The van der Waals surface area contributed by atoms with E-state index in [4.69, 9.17) is 4.98 Å². The highest BCUT2D eigenvalue weighted by Gasteiger charge is 2.33. The van der Waals surface area contributed by atoms with Crippen molar-refractivity contribution in [1.82, 2.24) is 10.3 Å². The normalized spacial score (nSPS) is 23.1. The highest BCUT2D eigenvalue weighted by Crippen LogP contribution is 2.40. The van der Waals surface area contributed by atoms with Crippen LogP contribution in [0.1, 0.15) is 48.7 Å². The van der Waals surface area contributed by atoms with Gasteiger partial charge in [-0.05, 0) is 25.7 Å². The number of nitrogens with one attached hydrogen (secondary N) is 1. The highest BCUT2D eigenvalue weighted by atomic mass is 32.1. The second kappa shape index (κ2) is 3.29. The number of aryl methyl sites for hydroxylation is 1. The zero-order valence-electron chi connectivity index (χ0n) is 9.47. The fraction of sp³-hybridized carbons (Fsp3) is 0.750. The molecule has 0 radical (unpaired) electrons. The van der Waals surface area contributed by atoms with Gasteiger partial charge < -0.3 is 5.32 Å². The highest BCUT2D eigenvalue weighted by molar-refractivity contribution is 7.11. The van der Waals surface area contributed by atoms with Crippen LogP contribution in [0.5, 0.6) is 0 Å². The molecule has 0 spiro atoms. The molecule has 0 unspecified atom stereocenters. The molecule has 0 amide bonds. The van der Waals surface area contributed by atoms with Gasteiger partial charge in [-0.15, -0.1) is 11.3 Å². The van der Waals surface area contributed by atoms with Crippen LogP contribution in [0.2, 0.25) is 0 Å². The number of fused-ring (bicyclic) bond motifs is 1. The lowest BCUT2D eigenvalue weighted by Gasteiger charge is -2.15. The van der Waals surface area contributed by atoms with Gasteiger partial charge >= 0.3 is 0 Å². The van der Waals surface area contributed by atoms with Gasteiger partial charge in [0.05, 0.1) is 5.69 Å². The van der Waals surface area contributed by atoms with E-state index in [0.717, 1.165) is 12.6 Å². The Morgan fingerprint density at radius 1 is 1.47 bits per heavy atom. The first-order valence-electron chi connectivity index (χ1n) is 5.87. The Kier molecular flexibility index (Phi) is 2.15. The lowest BCUT2D eigenvalue weighted by molar-refractivity contribution is 0.507. The topological polar surface area (TPSA) is 24.9 Å². The Hall–Kier alpha value is -0.410. The molecular formula is C12H18N2S. The molecule has 1 heterocycles. The molecule has 3 rings (SSSR count). The van der Waals surface area contributed by atoms with Crippen molar-refractivity contribution in [2.45, 2.75) is 57.5 Å². The summed E-state index contributed by atoms with van der Waals surface area (Å²) in [4.78, 5) is 6.33. The van der Waals surface area contributed by atoms with E-state index in [0.29, 0.717) is 5.41 Å². The molecule has 1 saturated carbocycles. The first-order valence-corrected chi connectivity index (χ1v) is 6.69. The van der Waals surface area contributed by atoms with E-state index in [1.54, 1.807) is 0 Å². The average molecular weight is 222 g/mol. The third-order valence-corrected chi connectivity index (χ3v) is 4.59. The van der Waals surface area contributed by atoms with Crippen molar-refractivity contribution in [3.63, 3.8) is 0 Å². The van der Waals surface area contributed by atoms with Crippen LogP contribution in [0.25, 0.3) is 0 Å². The molecule has 0 atom stereocenters. The Morgan fingerprint density at radius 3 is 2.93 bits per heavy atom. The summed E-state index contributed by atoms with van der Waals surface area (Å²) in [5.74, 6) is 0. The molecule has 1 aromatic rings. The summed E-state index contributed by atoms with van der Waals surface area (Å²) >= 11 is 1.92. The maximum atomic E-state index is 4.80. The second-order valence-corrected chi connectivity index (χ2v) is 6.59. The van der Waals surface area contributed by atoms with Crippen molar-refractivity contribution in [2.75, 3.05) is 0 Å². The SMILES string of the molecule is CC1(C)CCc2sc(CNC3CC3)nc21. The summed E-state index contributed by atoms with van der Waals surface area (Å²) in [7, 11) is 0. The van der Waals surface area contributed by atoms with Crippen LogP contribution >= 0.6 is 11.3 Å². The molecule has 1 N–H and O–H groups in total. The summed E-state index contributed by atoms with van der Waals surface area (Å²) in [5.41, 5.74) is 1.70. The van der Waals surface area contributed by atoms with Crippen LogP contribution in [-0.4, -0.2) is 11.0 Å². The fourth-order valence-electron chi connectivity index (χ4n) is 2.24. The smallest absolute Gasteiger partial charge is 0.107 e. The van der Waals surface area contributed by atoms with E-state index in [2.05, 4.69) is 19.2 Å². The van der Waals surface area contributed by atoms with Crippen molar-refractivity contribution in [3.05, 3.63) is 15.6 Å². The molecule has 0 aliphatic heterocycles. The molecule has 2 aliphatic rings. The van der Waals surface area contributed by atoms with Gasteiger partial charge in [0.1, 0.15) is 5.01 Å². The van der Waals surface area contributed by atoms with Gasteiger partial charge in [0.15, 0.2) is 0 Å². The van der Waals surface area contributed by atoms with Crippen molar-refractivity contribution in [2.24, 2.45) is 0 Å². The average Bonchev–Trinajstić information content (AvgIpc) is 2.85. The first kappa shape index (κ1) is 9.79. The molecule has 0 saturated heterocycles. The van der Waals surface area contributed by atoms with Gasteiger partial charge in [-0.1, -0.05) is 13.8 Å². The van der Waals surface area contributed by atoms with Crippen LogP contribution in [0.4, 0.5) is 0 Å². The van der Waals surface area contributed by atoms with Gasteiger partial charge in [0.25, 0.3) is 0 Å². The molecule has 2 aliphatic carbocycles. The van der Waals surface area contributed by atoms with Gasteiger partial charge in [0.2, 0.25) is 0 Å². The largest absolute Gasteiger partial charge is 0.308 e. The molecule has 15 heavy (non-hydrogen) atoms. The molecule has 1 fully saturated rings. The van der Waals surface area contributed by atoms with E-state index in [-0.39, 0.29) is 0 Å².